The summed E-state index contributed by atoms with van der Waals surface area (Å²) in [7, 11) is 0. The summed E-state index contributed by atoms with van der Waals surface area (Å²) >= 11 is 0. The van der Waals surface area contributed by atoms with Crippen LogP contribution >= 0.6 is 0 Å². The minimum absolute atomic E-state index is 0.121. The van der Waals surface area contributed by atoms with Crippen LogP contribution in [-0.2, 0) is 4.79 Å². The summed E-state index contributed by atoms with van der Waals surface area (Å²) in [4.78, 5) is 10.8. The number of unbranched alkanes of at least 4 members (excludes halogenated alkanes) is 2. The summed E-state index contributed by atoms with van der Waals surface area (Å²) in [6.45, 7) is 2.25. The molecule has 1 aliphatic carbocycles. The van der Waals surface area contributed by atoms with Gasteiger partial charge in [-0.1, -0.05) is 45.4 Å². The van der Waals surface area contributed by atoms with Gasteiger partial charge in [0.1, 0.15) is 0 Å². The summed E-state index contributed by atoms with van der Waals surface area (Å²) in [6, 6.07) is 0. The maximum Gasteiger partial charge on any atom is 0.217 e. The van der Waals surface area contributed by atoms with E-state index in [1.165, 1.54) is 51.4 Å². The molecule has 0 aromatic carbocycles. The molecule has 0 aliphatic heterocycles. The van der Waals surface area contributed by atoms with Crippen molar-refractivity contribution in [1.29, 1.82) is 0 Å². The molecule has 0 bridgehead atoms. The van der Waals surface area contributed by atoms with Crippen LogP contribution in [0, 0.1) is 11.8 Å². The molecule has 0 aromatic rings. The number of primary amides is 1. The minimum atomic E-state index is -0.121. The summed E-state index contributed by atoms with van der Waals surface area (Å²) < 4.78 is 0. The summed E-state index contributed by atoms with van der Waals surface area (Å²) in [6.07, 6.45) is 11.2. The topological polar surface area (TPSA) is 43.1 Å². The monoisotopic (exact) mass is 211 g/mol. The fourth-order valence-electron chi connectivity index (χ4n) is 2.69. The molecule has 0 heterocycles. The van der Waals surface area contributed by atoms with E-state index >= 15 is 0 Å². The molecule has 2 heteroatoms. The van der Waals surface area contributed by atoms with Crippen LogP contribution in [0.15, 0.2) is 0 Å². The van der Waals surface area contributed by atoms with Crippen LogP contribution < -0.4 is 5.73 Å². The van der Waals surface area contributed by atoms with Gasteiger partial charge in [-0.3, -0.25) is 4.79 Å². The SMILES string of the molecule is CCCCCC1CCC(CC(N)=O)CC1. The average Bonchev–Trinajstić information content (AvgIpc) is 2.20. The van der Waals surface area contributed by atoms with Gasteiger partial charge in [0.05, 0.1) is 0 Å². The van der Waals surface area contributed by atoms with Crippen LogP contribution in [0.3, 0.4) is 0 Å². The molecular weight excluding hydrogens is 186 g/mol. The lowest BCUT2D eigenvalue weighted by Crippen LogP contribution is -2.21. The smallest absolute Gasteiger partial charge is 0.217 e. The number of rotatable bonds is 6. The third-order valence-electron chi connectivity index (χ3n) is 3.67. The lowest BCUT2D eigenvalue weighted by molar-refractivity contribution is -0.119. The lowest BCUT2D eigenvalue weighted by Gasteiger charge is -2.27. The second-order valence-corrected chi connectivity index (χ2v) is 5.05. The number of amides is 1. The molecule has 0 spiro atoms. The Kier molecular flexibility index (Phi) is 5.74. The van der Waals surface area contributed by atoms with Gasteiger partial charge >= 0.3 is 0 Å². The highest BCUT2D eigenvalue weighted by molar-refractivity contribution is 5.73. The highest BCUT2D eigenvalue weighted by atomic mass is 16.1. The molecule has 1 fully saturated rings. The van der Waals surface area contributed by atoms with Crippen molar-refractivity contribution in [2.24, 2.45) is 17.6 Å². The van der Waals surface area contributed by atoms with Crippen molar-refractivity contribution in [1.82, 2.24) is 0 Å². The Morgan fingerprint density at radius 3 is 2.27 bits per heavy atom. The first-order chi connectivity index (χ1) is 7.22. The van der Waals surface area contributed by atoms with Crippen molar-refractivity contribution in [2.75, 3.05) is 0 Å². The molecule has 88 valence electrons. The zero-order valence-electron chi connectivity index (χ0n) is 10.0. The molecule has 0 unspecified atom stereocenters. The first-order valence-corrected chi connectivity index (χ1v) is 6.50. The van der Waals surface area contributed by atoms with Gasteiger partial charge in [0.25, 0.3) is 0 Å². The maximum absolute atomic E-state index is 10.8. The van der Waals surface area contributed by atoms with E-state index in [0.717, 1.165) is 5.92 Å². The standard InChI is InChI=1S/C13H25NO/c1-2-3-4-5-11-6-8-12(9-7-11)10-13(14)15/h11-12H,2-10H2,1H3,(H2,14,15). The van der Waals surface area contributed by atoms with E-state index < -0.39 is 0 Å². The van der Waals surface area contributed by atoms with Crippen molar-refractivity contribution < 1.29 is 4.79 Å². The fourth-order valence-corrected chi connectivity index (χ4v) is 2.69. The largest absolute Gasteiger partial charge is 0.370 e. The summed E-state index contributed by atoms with van der Waals surface area (Å²) in [5, 5.41) is 0. The molecule has 2 nitrogen and oxygen atoms in total. The molecule has 1 aliphatic rings. The van der Waals surface area contributed by atoms with Crippen LogP contribution in [-0.4, -0.2) is 5.91 Å². The maximum atomic E-state index is 10.8. The van der Waals surface area contributed by atoms with Crippen LogP contribution in [0.2, 0.25) is 0 Å². The Hall–Kier alpha value is -0.530. The van der Waals surface area contributed by atoms with Gasteiger partial charge in [-0.2, -0.15) is 0 Å². The Morgan fingerprint density at radius 2 is 1.73 bits per heavy atom. The van der Waals surface area contributed by atoms with E-state index in [2.05, 4.69) is 6.92 Å². The molecular formula is C13H25NO. The lowest BCUT2D eigenvalue weighted by atomic mass is 9.78. The van der Waals surface area contributed by atoms with E-state index in [0.29, 0.717) is 12.3 Å². The molecule has 1 amide bonds. The van der Waals surface area contributed by atoms with Crippen molar-refractivity contribution in [3.8, 4) is 0 Å². The summed E-state index contributed by atoms with van der Waals surface area (Å²) in [5.74, 6) is 1.40. The molecule has 2 N–H and O–H groups in total. The zero-order valence-corrected chi connectivity index (χ0v) is 10.0. The quantitative estimate of drug-likeness (QED) is 0.673. The average molecular weight is 211 g/mol. The second kappa shape index (κ2) is 6.86. The molecule has 1 saturated carbocycles. The molecule has 0 saturated heterocycles. The number of nitrogens with two attached hydrogens (primary N) is 1. The molecule has 15 heavy (non-hydrogen) atoms. The normalized spacial score (nSPS) is 26.5. The van der Waals surface area contributed by atoms with Crippen molar-refractivity contribution >= 4 is 5.91 Å². The van der Waals surface area contributed by atoms with E-state index in [4.69, 9.17) is 5.73 Å². The van der Waals surface area contributed by atoms with E-state index in [9.17, 15) is 4.79 Å². The number of hydrogen-bond donors (Lipinski definition) is 1. The Morgan fingerprint density at radius 1 is 1.13 bits per heavy atom. The minimum Gasteiger partial charge on any atom is -0.370 e. The Labute approximate surface area is 93.6 Å². The summed E-state index contributed by atoms with van der Waals surface area (Å²) in [5.41, 5.74) is 5.22. The van der Waals surface area contributed by atoms with Gasteiger partial charge in [0.2, 0.25) is 5.91 Å². The predicted octanol–water partition coefficient (Wildman–Crippen LogP) is 3.25. The van der Waals surface area contributed by atoms with Gasteiger partial charge in [-0.15, -0.1) is 0 Å². The predicted molar refractivity (Wildman–Crippen MR) is 63.4 cm³/mol. The number of hydrogen-bond acceptors (Lipinski definition) is 1. The molecule has 0 radical (unpaired) electrons. The van der Waals surface area contributed by atoms with E-state index in [-0.39, 0.29) is 5.91 Å². The van der Waals surface area contributed by atoms with Gasteiger partial charge in [-0.05, 0) is 24.7 Å². The van der Waals surface area contributed by atoms with Gasteiger partial charge in [0.15, 0.2) is 0 Å². The Bertz CT molecular complexity index is 183. The van der Waals surface area contributed by atoms with Crippen LogP contribution in [0.1, 0.15) is 64.7 Å². The van der Waals surface area contributed by atoms with E-state index in [1.54, 1.807) is 0 Å². The zero-order chi connectivity index (χ0) is 11.1. The van der Waals surface area contributed by atoms with Crippen molar-refractivity contribution in [2.45, 2.75) is 64.7 Å². The van der Waals surface area contributed by atoms with Crippen LogP contribution in [0.4, 0.5) is 0 Å². The second-order valence-electron chi connectivity index (χ2n) is 5.05. The molecule has 0 atom stereocenters. The van der Waals surface area contributed by atoms with Crippen molar-refractivity contribution in [3.63, 3.8) is 0 Å². The first kappa shape index (κ1) is 12.5. The first-order valence-electron chi connectivity index (χ1n) is 6.50. The van der Waals surface area contributed by atoms with Crippen LogP contribution in [0.25, 0.3) is 0 Å². The van der Waals surface area contributed by atoms with E-state index in [1.807, 2.05) is 0 Å². The fraction of sp³-hybridized carbons (Fsp3) is 0.923. The van der Waals surface area contributed by atoms with Crippen LogP contribution in [0.5, 0.6) is 0 Å². The number of carbonyl (C=O) groups excluding carboxylic acids is 1. The Balaban J connectivity index is 2.10. The van der Waals surface area contributed by atoms with Gasteiger partial charge in [0, 0.05) is 6.42 Å². The highest BCUT2D eigenvalue weighted by Crippen LogP contribution is 2.33. The van der Waals surface area contributed by atoms with Gasteiger partial charge in [-0.25, -0.2) is 0 Å². The highest BCUT2D eigenvalue weighted by Gasteiger charge is 2.21. The van der Waals surface area contributed by atoms with Crippen molar-refractivity contribution in [3.05, 3.63) is 0 Å². The van der Waals surface area contributed by atoms with Gasteiger partial charge < -0.3 is 5.73 Å². The molecule has 1 rings (SSSR count). The molecule has 0 aromatic heterocycles. The third kappa shape index (κ3) is 5.19. The third-order valence-corrected chi connectivity index (χ3v) is 3.67. The number of carbonyl (C=O) groups is 1.